The summed E-state index contributed by atoms with van der Waals surface area (Å²) in [5.41, 5.74) is 2.39. The van der Waals surface area contributed by atoms with Crippen molar-refractivity contribution < 1.29 is 14.2 Å². The van der Waals surface area contributed by atoms with Gasteiger partial charge in [0.2, 0.25) is 6.79 Å². The van der Waals surface area contributed by atoms with Crippen molar-refractivity contribution in [3.63, 3.8) is 0 Å². The predicted molar refractivity (Wildman–Crippen MR) is 90.0 cm³/mol. The van der Waals surface area contributed by atoms with Crippen LogP contribution in [-0.2, 0) is 6.54 Å². The summed E-state index contributed by atoms with van der Waals surface area (Å²) < 4.78 is 16.3. The molecule has 23 heavy (non-hydrogen) atoms. The first-order valence-electron chi connectivity index (χ1n) is 7.72. The van der Waals surface area contributed by atoms with E-state index in [1.54, 1.807) is 6.08 Å². The van der Waals surface area contributed by atoms with Gasteiger partial charge in [0.05, 0.1) is 0 Å². The van der Waals surface area contributed by atoms with E-state index in [0.717, 1.165) is 23.8 Å². The number of ether oxygens (including phenoxy) is 3. The summed E-state index contributed by atoms with van der Waals surface area (Å²) in [6.07, 6.45) is 1.74. The maximum absolute atomic E-state index is 5.48. The van der Waals surface area contributed by atoms with E-state index >= 15 is 0 Å². The fourth-order valence-corrected chi connectivity index (χ4v) is 2.43. The summed E-state index contributed by atoms with van der Waals surface area (Å²) in [7, 11) is 0. The van der Waals surface area contributed by atoms with Crippen molar-refractivity contribution in [2.24, 2.45) is 0 Å². The Kier molecular flexibility index (Phi) is 4.83. The molecule has 0 aliphatic carbocycles. The molecule has 4 heteroatoms. The third-order valence-corrected chi connectivity index (χ3v) is 3.80. The molecule has 1 atom stereocenters. The Morgan fingerprint density at radius 2 is 1.96 bits per heavy atom. The van der Waals surface area contributed by atoms with Crippen molar-refractivity contribution in [1.29, 1.82) is 0 Å². The largest absolute Gasteiger partial charge is 0.490 e. The van der Waals surface area contributed by atoms with Gasteiger partial charge in [-0.05, 0) is 42.3 Å². The van der Waals surface area contributed by atoms with E-state index in [9.17, 15) is 0 Å². The van der Waals surface area contributed by atoms with Gasteiger partial charge in [-0.2, -0.15) is 0 Å². The molecule has 0 amide bonds. The highest BCUT2D eigenvalue weighted by Crippen LogP contribution is 2.34. The number of benzene rings is 2. The quantitative estimate of drug-likeness (QED) is 0.789. The van der Waals surface area contributed by atoms with Gasteiger partial charge in [0.15, 0.2) is 11.5 Å². The Morgan fingerprint density at radius 1 is 1.17 bits per heavy atom. The molecule has 1 aliphatic heterocycles. The topological polar surface area (TPSA) is 39.7 Å². The Hall–Kier alpha value is -2.46. The van der Waals surface area contributed by atoms with Crippen LogP contribution in [0, 0.1) is 0 Å². The highest BCUT2D eigenvalue weighted by atomic mass is 16.7. The van der Waals surface area contributed by atoms with E-state index in [-0.39, 0.29) is 6.04 Å². The smallest absolute Gasteiger partial charge is 0.231 e. The monoisotopic (exact) mass is 311 g/mol. The van der Waals surface area contributed by atoms with Gasteiger partial charge >= 0.3 is 0 Å². The first-order chi connectivity index (χ1) is 11.3. The van der Waals surface area contributed by atoms with E-state index in [1.165, 1.54) is 11.1 Å². The van der Waals surface area contributed by atoms with Crippen LogP contribution in [0.25, 0.3) is 0 Å². The molecule has 0 saturated carbocycles. The number of rotatable bonds is 7. The Balaban J connectivity index is 1.56. The average molecular weight is 311 g/mol. The van der Waals surface area contributed by atoms with Crippen molar-refractivity contribution >= 4 is 0 Å². The minimum Gasteiger partial charge on any atom is -0.490 e. The van der Waals surface area contributed by atoms with Gasteiger partial charge in [-0.3, -0.25) is 0 Å². The second-order valence-electron chi connectivity index (χ2n) is 5.46. The Morgan fingerprint density at radius 3 is 2.74 bits per heavy atom. The second kappa shape index (κ2) is 7.20. The van der Waals surface area contributed by atoms with E-state index < -0.39 is 0 Å². The normalized spacial score (nSPS) is 13.6. The van der Waals surface area contributed by atoms with Crippen LogP contribution in [0.4, 0.5) is 0 Å². The molecule has 0 radical (unpaired) electrons. The predicted octanol–water partition coefficient (Wildman–Crippen LogP) is 3.83. The maximum Gasteiger partial charge on any atom is 0.231 e. The molecule has 120 valence electrons. The number of hydrogen-bond acceptors (Lipinski definition) is 4. The fraction of sp³-hybridized carbons (Fsp3) is 0.263. The van der Waals surface area contributed by atoms with Gasteiger partial charge < -0.3 is 19.5 Å². The van der Waals surface area contributed by atoms with Gasteiger partial charge in [0, 0.05) is 12.6 Å². The minimum atomic E-state index is 0.223. The zero-order valence-corrected chi connectivity index (χ0v) is 13.2. The van der Waals surface area contributed by atoms with Crippen LogP contribution < -0.4 is 19.5 Å². The van der Waals surface area contributed by atoms with E-state index in [2.05, 4.69) is 37.0 Å². The lowest BCUT2D eigenvalue weighted by Gasteiger charge is -2.15. The van der Waals surface area contributed by atoms with Gasteiger partial charge in [-0.1, -0.05) is 30.9 Å². The molecule has 1 aliphatic rings. The Labute approximate surface area is 136 Å². The van der Waals surface area contributed by atoms with Gasteiger partial charge in [-0.15, -0.1) is 0 Å². The molecule has 0 aromatic heterocycles. The van der Waals surface area contributed by atoms with Gasteiger partial charge in [-0.25, -0.2) is 0 Å². The standard InChI is InChI=1S/C19H21NO3/c1-3-10-21-17-7-4-15(5-8-17)12-20-14(2)16-6-9-18-19(11-16)23-13-22-18/h3-9,11,14,20H,1,10,12-13H2,2H3. The molecule has 3 rings (SSSR count). The highest BCUT2D eigenvalue weighted by Gasteiger charge is 2.15. The van der Waals surface area contributed by atoms with Crippen LogP contribution >= 0.6 is 0 Å². The summed E-state index contributed by atoms with van der Waals surface area (Å²) in [6.45, 7) is 7.40. The molecule has 1 heterocycles. The maximum atomic E-state index is 5.48. The molecule has 2 aromatic carbocycles. The molecule has 4 nitrogen and oxygen atoms in total. The van der Waals surface area contributed by atoms with Crippen molar-refractivity contribution in [3.05, 3.63) is 66.2 Å². The fourth-order valence-electron chi connectivity index (χ4n) is 2.43. The lowest BCUT2D eigenvalue weighted by Crippen LogP contribution is -2.18. The summed E-state index contributed by atoms with van der Waals surface area (Å²) in [5.74, 6) is 2.49. The van der Waals surface area contributed by atoms with Crippen LogP contribution in [0.3, 0.4) is 0 Å². The van der Waals surface area contributed by atoms with E-state index in [1.807, 2.05) is 24.3 Å². The van der Waals surface area contributed by atoms with Crippen LogP contribution in [0.1, 0.15) is 24.1 Å². The van der Waals surface area contributed by atoms with Crippen molar-refractivity contribution in [3.8, 4) is 17.2 Å². The Bertz CT molecular complexity index is 667. The first kappa shape index (κ1) is 15.4. The molecular weight excluding hydrogens is 290 g/mol. The SMILES string of the molecule is C=CCOc1ccc(CNC(C)c2ccc3c(c2)OCO3)cc1. The molecule has 0 bridgehead atoms. The number of nitrogens with one attached hydrogen (secondary N) is 1. The van der Waals surface area contributed by atoms with Gasteiger partial charge in [0.25, 0.3) is 0 Å². The third-order valence-electron chi connectivity index (χ3n) is 3.80. The molecular formula is C19H21NO3. The average Bonchev–Trinajstić information content (AvgIpc) is 3.06. The molecule has 0 spiro atoms. The molecule has 0 fully saturated rings. The zero-order chi connectivity index (χ0) is 16.1. The van der Waals surface area contributed by atoms with E-state index in [0.29, 0.717) is 13.4 Å². The summed E-state index contributed by atoms with van der Waals surface area (Å²) in [5, 5.41) is 3.52. The molecule has 2 aromatic rings. The van der Waals surface area contributed by atoms with Crippen LogP contribution in [0.5, 0.6) is 17.2 Å². The highest BCUT2D eigenvalue weighted by molar-refractivity contribution is 5.45. The lowest BCUT2D eigenvalue weighted by atomic mass is 10.1. The molecule has 1 unspecified atom stereocenters. The molecule has 0 saturated heterocycles. The van der Waals surface area contributed by atoms with Crippen LogP contribution in [0.15, 0.2) is 55.1 Å². The van der Waals surface area contributed by atoms with Gasteiger partial charge in [0.1, 0.15) is 12.4 Å². The minimum absolute atomic E-state index is 0.223. The third kappa shape index (κ3) is 3.85. The summed E-state index contributed by atoms with van der Waals surface area (Å²) in [4.78, 5) is 0. The number of fused-ring (bicyclic) bond motifs is 1. The lowest BCUT2D eigenvalue weighted by molar-refractivity contribution is 0.174. The van der Waals surface area contributed by atoms with Crippen LogP contribution in [-0.4, -0.2) is 13.4 Å². The zero-order valence-electron chi connectivity index (χ0n) is 13.2. The van der Waals surface area contributed by atoms with E-state index in [4.69, 9.17) is 14.2 Å². The van der Waals surface area contributed by atoms with Crippen LogP contribution in [0.2, 0.25) is 0 Å². The first-order valence-corrected chi connectivity index (χ1v) is 7.72. The number of hydrogen-bond donors (Lipinski definition) is 1. The summed E-state index contributed by atoms with van der Waals surface area (Å²) in [6, 6.07) is 14.4. The van der Waals surface area contributed by atoms with Crippen molar-refractivity contribution in [2.45, 2.75) is 19.5 Å². The molecule has 1 N–H and O–H groups in total. The second-order valence-corrected chi connectivity index (χ2v) is 5.46. The van der Waals surface area contributed by atoms with Crippen molar-refractivity contribution in [1.82, 2.24) is 5.32 Å². The summed E-state index contributed by atoms with van der Waals surface area (Å²) >= 11 is 0. The van der Waals surface area contributed by atoms with Crippen molar-refractivity contribution in [2.75, 3.05) is 13.4 Å².